The third-order valence-electron chi connectivity index (χ3n) is 6.91. The van der Waals surface area contributed by atoms with Crippen molar-refractivity contribution in [3.8, 4) is 0 Å². The quantitative estimate of drug-likeness (QED) is 0.623. The van der Waals surface area contributed by atoms with Crippen molar-refractivity contribution in [1.82, 2.24) is 19.7 Å². The standard InChI is InChI=1S/C27H30N4O2/c1-29-13-15-30(16-14-29)27(33)23-18-25(28-24-10-6-5-9-22(23)24)21-11-12-31(19-21)26(32)17-20-7-3-2-4-8-20/h2-10,18,21H,11-17,19H2,1H3. The number of piperazine rings is 1. The van der Waals surface area contributed by atoms with Gasteiger partial charge in [-0.05, 0) is 31.2 Å². The van der Waals surface area contributed by atoms with Gasteiger partial charge in [-0.15, -0.1) is 0 Å². The lowest BCUT2D eigenvalue weighted by Crippen LogP contribution is -2.47. The summed E-state index contributed by atoms with van der Waals surface area (Å²) >= 11 is 0. The molecule has 1 unspecified atom stereocenters. The Hall–Kier alpha value is -3.25. The molecule has 2 aliphatic heterocycles. The molecule has 3 heterocycles. The monoisotopic (exact) mass is 442 g/mol. The van der Waals surface area contributed by atoms with Gasteiger partial charge in [0.15, 0.2) is 0 Å². The van der Waals surface area contributed by atoms with E-state index in [1.165, 1.54) is 0 Å². The van der Waals surface area contributed by atoms with Gasteiger partial charge >= 0.3 is 0 Å². The minimum absolute atomic E-state index is 0.0814. The molecular formula is C27H30N4O2. The number of rotatable bonds is 4. The number of amides is 2. The van der Waals surface area contributed by atoms with Crippen LogP contribution in [0.25, 0.3) is 10.9 Å². The molecule has 0 aliphatic carbocycles. The highest BCUT2D eigenvalue weighted by molar-refractivity contribution is 6.06. The Morgan fingerprint density at radius 1 is 0.909 bits per heavy atom. The van der Waals surface area contributed by atoms with Gasteiger partial charge in [0.05, 0.1) is 17.5 Å². The molecule has 0 radical (unpaired) electrons. The molecule has 0 bridgehead atoms. The van der Waals surface area contributed by atoms with Crippen molar-refractivity contribution in [2.75, 3.05) is 46.3 Å². The zero-order valence-electron chi connectivity index (χ0n) is 19.1. The zero-order valence-corrected chi connectivity index (χ0v) is 19.1. The Balaban J connectivity index is 1.37. The van der Waals surface area contributed by atoms with Crippen LogP contribution in [0.5, 0.6) is 0 Å². The molecule has 2 saturated heterocycles. The van der Waals surface area contributed by atoms with Crippen molar-refractivity contribution in [2.24, 2.45) is 0 Å². The summed E-state index contributed by atoms with van der Waals surface area (Å²) in [4.78, 5) is 37.4. The molecule has 1 atom stereocenters. The Morgan fingerprint density at radius 3 is 2.42 bits per heavy atom. The van der Waals surface area contributed by atoms with Crippen LogP contribution >= 0.6 is 0 Å². The molecule has 2 aromatic carbocycles. The predicted molar refractivity (Wildman–Crippen MR) is 129 cm³/mol. The van der Waals surface area contributed by atoms with Crippen LogP contribution in [0.2, 0.25) is 0 Å². The summed E-state index contributed by atoms with van der Waals surface area (Å²) in [5, 5.41) is 0.903. The van der Waals surface area contributed by atoms with Gasteiger partial charge in [-0.25, -0.2) is 0 Å². The zero-order chi connectivity index (χ0) is 22.8. The molecule has 0 N–H and O–H groups in total. The van der Waals surface area contributed by atoms with E-state index in [0.717, 1.165) is 66.9 Å². The van der Waals surface area contributed by atoms with Crippen molar-refractivity contribution in [3.05, 3.63) is 77.5 Å². The summed E-state index contributed by atoms with van der Waals surface area (Å²) in [6.45, 7) is 4.65. The van der Waals surface area contributed by atoms with Crippen LogP contribution in [0, 0.1) is 0 Å². The average Bonchev–Trinajstić information content (AvgIpc) is 3.35. The number of hydrogen-bond acceptors (Lipinski definition) is 4. The van der Waals surface area contributed by atoms with Crippen molar-refractivity contribution in [1.29, 1.82) is 0 Å². The van der Waals surface area contributed by atoms with Gasteiger partial charge in [-0.2, -0.15) is 0 Å². The highest BCUT2D eigenvalue weighted by Crippen LogP contribution is 2.30. The van der Waals surface area contributed by atoms with E-state index in [9.17, 15) is 9.59 Å². The van der Waals surface area contributed by atoms with E-state index in [-0.39, 0.29) is 17.7 Å². The summed E-state index contributed by atoms with van der Waals surface area (Å²) in [5.41, 5.74) is 3.53. The van der Waals surface area contributed by atoms with Gasteiger partial charge in [0.25, 0.3) is 5.91 Å². The molecule has 0 saturated carbocycles. The lowest BCUT2D eigenvalue weighted by molar-refractivity contribution is -0.129. The molecule has 1 aromatic heterocycles. The van der Waals surface area contributed by atoms with Crippen molar-refractivity contribution in [3.63, 3.8) is 0 Å². The Labute approximate surface area is 194 Å². The summed E-state index contributed by atoms with van der Waals surface area (Å²) in [7, 11) is 2.09. The second-order valence-corrected chi connectivity index (χ2v) is 9.20. The molecule has 2 aliphatic rings. The first kappa shape index (κ1) is 21.6. The van der Waals surface area contributed by atoms with Crippen LogP contribution < -0.4 is 0 Å². The molecule has 0 spiro atoms. The normalized spacial score (nSPS) is 19.2. The molecular weight excluding hydrogens is 412 g/mol. The predicted octanol–water partition coefficient (Wildman–Crippen LogP) is 3.18. The van der Waals surface area contributed by atoms with E-state index >= 15 is 0 Å². The Bertz CT molecular complexity index is 1160. The summed E-state index contributed by atoms with van der Waals surface area (Å²) < 4.78 is 0. The molecule has 170 valence electrons. The van der Waals surface area contributed by atoms with E-state index in [1.807, 2.05) is 70.5 Å². The number of aromatic nitrogens is 1. The highest BCUT2D eigenvalue weighted by Gasteiger charge is 2.30. The number of para-hydroxylation sites is 1. The number of carbonyl (C=O) groups is 2. The van der Waals surface area contributed by atoms with Crippen LogP contribution in [0.3, 0.4) is 0 Å². The number of likely N-dealkylation sites (N-methyl/N-ethyl adjacent to an activating group) is 1. The number of pyridine rings is 1. The number of hydrogen-bond donors (Lipinski definition) is 0. The first-order valence-corrected chi connectivity index (χ1v) is 11.8. The van der Waals surface area contributed by atoms with Gasteiger partial charge in [0.1, 0.15) is 0 Å². The third kappa shape index (κ3) is 4.62. The van der Waals surface area contributed by atoms with Crippen LogP contribution in [-0.4, -0.2) is 77.8 Å². The maximum absolute atomic E-state index is 13.5. The largest absolute Gasteiger partial charge is 0.342 e. The molecule has 5 rings (SSSR count). The fourth-order valence-corrected chi connectivity index (χ4v) is 4.87. The molecule has 2 amide bonds. The van der Waals surface area contributed by atoms with Crippen LogP contribution in [-0.2, 0) is 11.2 Å². The van der Waals surface area contributed by atoms with Crippen LogP contribution in [0.1, 0.15) is 34.0 Å². The van der Waals surface area contributed by atoms with Gasteiger partial charge in [0.2, 0.25) is 5.91 Å². The van der Waals surface area contributed by atoms with Gasteiger partial charge in [-0.3, -0.25) is 14.6 Å². The smallest absolute Gasteiger partial charge is 0.254 e. The molecule has 33 heavy (non-hydrogen) atoms. The van der Waals surface area contributed by atoms with E-state index in [4.69, 9.17) is 4.98 Å². The summed E-state index contributed by atoms with van der Waals surface area (Å²) in [6, 6.07) is 19.8. The van der Waals surface area contributed by atoms with Gasteiger partial charge in [-0.1, -0.05) is 48.5 Å². The summed E-state index contributed by atoms with van der Waals surface area (Å²) in [5.74, 6) is 0.379. The average molecular weight is 443 g/mol. The van der Waals surface area contributed by atoms with Crippen molar-refractivity contribution >= 4 is 22.7 Å². The highest BCUT2D eigenvalue weighted by atomic mass is 16.2. The number of nitrogens with zero attached hydrogens (tertiary/aromatic N) is 4. The fraction of sp³-hybridized carbons (Fsp3) is 0.370. The SMILES string of the molecule is CN1CCN(C(=O)c2cc(C3CCN(C(=O)Cc4ccccc4)C3)nc3ccccc23)CC1. The molecule has 3 aromatic rings. The second-order valence-electron chi connectivity index (χ2n) is 9.20. The summed E-state index contributed by atoms with van der Waals surface area (Å²) in [6.07, 6.45) is 1.29. The number of carbonyl (C=O) groups excluding carboxylic acids is 2. The number of benzene rings is 2. The van der Waals surface area contributed by atoms with E-state index in [0.29, 0.717) is 13.0 Å². The van der Waals surface area contributed by atoms with Crippen LogP contribution in [0.4, 0.5) is 0 Å². The molecule has 6 nitrogen and oxygen atoms in total. The maximum atomic E-state index is 13.5. The van der Waals surface area contributed by atoms with E-state index in [2.05, 4.69) is 11.9 Å². The maximum Gasteiger partial charge on any atom is 0.254 e. The number of fused-ring (bicyclic) bond motifs is 1. The molecule has 2 fully saturated rings. The second kappa shape index (κ2) is 9.32. The Morgan fingerprint density at radius 2 is 1.64 bits per heavy atom. The first-order chi connectivity index (χ1) is 16.1. The van der Waals surface area contributed by atoms with Crippen LogP contribution in [0.15, 0.2) is 60.7 Å². The lowest BCUT2D eigenvalue weighted by Gasteiger charge is -2.32. The topological polar surface area (TPSA) is 56.8 Å². The van der Waals surface area contributed by atoms with E-state index in [1.54, 1.807) is 0 Å². The first-order valence-electron chi connectivity index (χ1n) is 11.8. The van der Waals surface area contributed by atoms with E-state index < -0.39 is 0 Å². The van der Waals surface area contributed by atoms with Gasteiger partial charge in [0, 0.05) is 56.3 Å². The minimum atomic E-state index is 0.0814. The fourth-order valence-electron chi connectivity index (χ4n) is 4.87. The minimum Gasteiger partial charge on any atom is -0.342 e. The third-order valence-corrected chi connectivity index (χ3v) is 6.91. The van der Waals surface area contributed by atoms with Crippen molar-refractivity contribution in [2.45, 2.75) is 18.8 Å². The Kier molecular flexibility index (Phi) is 6.09. The lowest BCUT2D eigenvalue weighted by atomic mass is 9.98. The molecule has 6 heteroatoms. The number of likely N-dealkylation sites (tertiary alicyclic amines) is 1. The van der Waals surface area contributed by atoms with Crippen molar-refractivity contribution < 1.29 is 9.59 Å². The van der Waals surface area contributed by atoms with Gasteiger partial charge < -0.3 is 14.7 Å².